The Kier molecular flexibility index (Phi) is 5.51. The van der Waals surface area contributed by atoms with Crippen LogP contribution in [0.5, 0.6) is 0 Å². The molecule has 0 saturated carbocycles. The highest BCUT2D eigenvalue weighted by Crippen LogP contribution is 2.27. The van der Waals surface area contributed by atoms with E-state index in [9.17, 15) is 23.3 Å². The van der Waals surface area contributed by atoms with Crippen LogP contribution in [0.4, 0.5) is 5.69 Å². The molecule has 0 bridgehead atoms. The van der Waals surface area contributed by atoms with E-state index in [-0.39, 0.29) is 42.7 Å². The molecule has 10 heteroatoms. The molecule has 1 aromatic heterocycles. The van der Waals surface area contributed by atoms with Gasteiger partial charge in [0.05, 0.1) is 9.82 Å². The number of hydrogen-bond donors (Lipinski definition) is 1. The molecule has 0 spiro atoms. The van der Waals surface area contributed by atoms with Crippen LogP contribution in [0, 0.1) is 30.9 Å². The third-order valence-corrected chi connectivity index (χ3v) is 8.12. The number of non-ortho nitro benzene ring substituents is 1. The summed E-state index contributed by atoms with van der Waals surface area (Å²) in [7, 11) is -3.91. The van der Waals surface area contributed by atoms with Crippen LogP contribution in [0.1, 0.15) is 27.2 Å². The monoisotopic (exact) mass is 456 g/mol. The minimum Gasteiger partial charge on any atom is -0.358 e. The van der Waals surface area contributed by atoms with Crippen molar-refractivity contribution in [2.24, 2.45) is 0 Å². The van der Waals surface area contributed by atoms with Gasteiger partial charge in [0.2, 0.25) is 10.0 Å². The normalized spacial score (nSPS) is 15.3. The van der Waals surface area contributed by atoms with Crippen molar-refractivity contribution in [2.45, 2.75) is 25.7 Å². The maximum absolute atomic E-state index is 13.1. The Morgan fingerprint density at radius 3 is 2.38 bits per heavy atom. The van der Waals surface area contributed by atoms with Gasteiger partial charge < -0.3 is 9.88 Å². The molecule has 9 nitrogen and oxygen atoms in total. The van der Waals surface area contributed by atoms with Crippen LogP contribution in [0.3, 0.4) is 0 Å². The topological polar surface area (TPSA) is 117 Å². The third kappa shape index (κ3) is 3.76. The first-order valence-electron chi connectivity index (χ1n) is 10.2. The van der Waals surface area contributed by atoms with Crippen LogP contribution in [0.2, 0.25) is 0 Å². The zero-order valence-electron chi connectivity index (χ0n) is 18.1. The molecule has 0 aliphatic carbocycles. The van der Waals surface area contributed by atoms with Crippen LogP contribution in [-0.4, -0.2) is 59.6 Å². The van der Waals surface area contributed by atoms with Crippen LogP contribution in [0.25, 0.3) is 10.9 Å². The van der Waals surface area contributed by atoms with Crippen molar-refractivity contribution in [1.29, 1.82) is 0 Å². The number of aromatic nitrogens is 1. The van der Waals surface area contributed by atoms with Gasteiger partial charge in [0.25, 0.3) is 11.6 Å². The fourth-order valence-corrected chi connectivity index (χ4v) is 5.69. The van der Waals surface area contributed by atoms with Gasteiger partial charge in [-0.1, -0.05) is 6.07 Å². The molecule has 1 fully saturated rings. The summed E-state index contributed by atoms with van der Waals surface area (Å²) in [5.74, 6) is -0.145. The van der Waals surface area contributed by atoms with Crippen molar-refractivity contribution >= 4 is 32.5 Å². The zero-order chi connectivity index (χ0) is 23.2. The van der Waals surface area contributed by atoms with Crippen molar-refractivity contribution in [3.8, 4) is 0 Å². The number of nitro benzene ring substituents is 1. The number of fused-ring (bicyclic) bond motifs is 1. The molecule has 0 radical (unpaired) electrons. The van der Waals surface area contributed by atoms with Gasteiger partial charge in [-0.3, -0.25) is 14.9 Å². The lowest BCUT2D eigenvalue weighted by atomic mass is 10.1. The molecule has 2 aromatic carbocycles. The Bertz CT molecular complexity index is 1340. The van der Waals surface area contributed by atoms with Crippen LogP contribution >= 0.6 is 0 Å². The summed E-state index contributed by atoms with van der Waals surface area (Å²) in [4.78, 5) is 28.4. The number of aromatic amines is 1. The molecule has 32 heavy (non-hydrogen) atoms. The van der Waals surface area contributed by atoms with Crippen molar-refractivity contribution in [1.82, 2.24) is 14.2 Å². The number of nitro groups is 1. The first kappa shape index (κ1) is 22.0. The predicted molar refractivity (Wildman–Crippen MR) is 120 cm³/mol. The second-order valence-electron chi connectivity index (χ2n) is 8.04. The lowest BCUT2D eigenvalue weighted by molar-refractivity contribution is -0.385. The summed E-state index contributed by atoms with van der Waals surface area (Å²) in [6.07, 6.45) is 0. The van der Waals surface area contributed by atoms with Gasteiger partial charge in [0.1, 0.15) is 0 Å². The number of rotatable bonds is 4. The van der Waals surface area contributed by atoms with Crippen molar-refractivity contribution in [3.63, 3.8) is 0 Å². The van der Waals surface area contributed by atoms with Crippen LogP contribution < -0.4 is 0 Å². The largest absolute Gasteiger partial charge is 0.358 e. The highest BCUT2D eigenvalue weighted by Gasteiger charge is 2.32. The SMILES string of the molecule is Cc1ccc([N+](=O)[O-])cc1S(=O)(=O)N1CCN(C(=O)c2ccc3[nH]c(C)c(C)c3c2)CC1. The molecule has 1 amide bonds. The fraction of sp³-hybridized carbons (Fsp3) is 0.318. The number of piperazine rings is 1. The first-order chi connectivity index (χ1) is 15.1. The predicted octanol–water partition coefficient (Wildman–Crippen LogP) is 3.15. The number of aryl methyl sites for hydroxylation is 3. The van der Waals surface area contributed by atoms with E-state index >= 15 is 0 Å². The molecule has 1 aliphatic rings. The quantitative estimate of drug-likeness (QED) is 0.478. The van der Waals surface area contributed by atoms with E-state index in [1.54, 1.807) is 17.9 Å². The average molecular weight is 457 g/mol. The second-order valence-corrected chi connectivity index (χ2v) is 9.94. The van der Waals surface area contributed by atoms with Gasteiger partial charge >= 0.3 is 0 Å². The minimum atomic E-state index is -3.91. The van der Waals surface area contributed by atoms with E-state index in [1.165, 1.54) is 16.4 Å². The second kappa shape index (κ2) is 8.03. The molecule has 2 heterocycles. The van der Waals surface area contributed by atoms with E-state index in [4.69, 9.17) is 0 Å². The Labute approximate surface area is 185 Å². The number of H-pyrrole nitrogens is 1. The Balaban J connectivity index is 1.51. The van der Waals surface area contributed by atoms with Crippen LogP contribution in [0.15, 0.2) is 41.3 Å². The molecule has 1 N–H and O–H groups in total. The van der Waals surface area contributed by atoms with Crippen molar-refractivity contribution in [2.75, 3.05) is 26.2 Å². The Hall–Kier alpha value is -3.24. The van der Waals surface area contributed by atoms with E-state index in [2.05, 4.69) is 4.98 Å². The number of carbonyl (C=O) groups excluding carboxylic acids is 1. The summed E-state index contributed by atoms with van der Waals surface area (Å²) in [6, 6.07) is 9.34. The van der Waals surface area contributed by atoms with Gasteiger partial charge in [-0.05, 0) is 50.1 Å². The van der Waals surface area contributed by atoms with E-state index in [0.717, 1.165) is 28.2 Å². The molecular formula is C22H24N4O5S. The molecule has 1 saturated heterocycles. The molecule has 4 rings (SSSR count). The summed E-state index contributed by atoms with van der Waals surface area (Å²) in [5, 5.41) is 12.1. The van der Waals surface area contributed by atoms with Crippen LogP contribution in [-0.2, 0) is 10.0 Å². The highest BCUT2D eigenvalue weighted by atomic mass is 32.2. The number of hydrogen-bond acceptors (Lipinski definition) is 5. The minimum absolute atomic E-state index is 0.0739. The Morgan fingerprint density at radius 1 is 1.03 bits per heavy atom. The molecular weight excluding hydrogens is 432 g/mol. The number of nitrogens with one attached hydrogen (secondary N) is 1. The molecule has 168 valence electrons. The summed E-state index contributed by atoms with van der Waals surface area (Å²) >= 11 is 0. The summed E-state index contributed by atoms with van der Waals surface area (Å²) in [5.41, 5.74) is 3.86. The van der Waals surface area contributed by atoms with Crippen molar-refractivity contribution in [3.05, 3.63) is 68.9 Å². The van der Waals surface area contributed by atoms with Crippen molar-refractivity contribution < 1.29 is 18.1 Å². The zero-order valence-corrected chi connectivity index (χ0v) is 18.9. The maximum atomic E-state index is 13.1. The molecule has 0 atom stereocenters. The van der Waals surface area contributed by atoms with Gasteiger partial charge in [0, 0.05) is 60.5 Å². The van der Waals surface area contributed by atoms with Gasteiger partial charge in [0.15, 0.2) is 0 Å². The lowest BCUT2D eigenvalue weighted by Crippen LogP contribution is -2.50. The molecule has 3 aromatic rings. The van der Waals surface area contributed by atoms with E-state index in [1.807, 2.05) is 26.0 Å². The average Bonchev–Trinajstić information content (AvgIpc) is 3.06. The standard InChI is InChI=1S/C22H24N4O5S/c1-14-4-6-18(26(28)29)13-21(14)32(30,31)25-10-8-24(9-11-25)22(27)17-5-7-20-19(12-17)15(2)16(3)23-20/h4-7,12-13,23H,8-11H2,1-3H3. The molecule has 0 unspecified atom stereocenters. The van der Waals surface area contributed by atoms with E-state index < -0.39 is 14.9 Å². The number of carbonyl (C=O) groups is 1. The number of nitrogens with zero attached hydrogens (tertiary/aromatic N) is 3. The number of benzene rings is 2. The number of sulfonamides is 1. The lowest BCUT2D eigenvalue weighted by Gasteiger charge is -2.34. The Morgan fingerprint density at radius 2 is 1.72 bits per heavy atom. The third-order valence-electron chi connectivity index (χ3n) is 6.08. The smallest absolute Gasteiger partial charge is 0.270 e. The van der Waals surface area contributed by atoms with Gasteiger partial charge in [-0.2, -0.15) is 4.31 Å². The maximum Gasteiger partial charge on any atom is 0.270 e. The highest BCUT2D eigenvalue weighted by molar-refractivity contribution is 7.89. The first-order valence-corrected chi connectivity index (χ1v) is 11.7. The fourth-order valence-electron chi connectivity index (χ4n) is 4.03. The van der Waals surface area contributed by atoms with Gasteiger partial charge in [-0.25, -0.2) is 8.42 Å². The van der Waals surface area contributed by atoms with E-state index in [0.29, 0.717) is 11.1 Å². The summed E-state index contributed by atoms with van der Waals surface area (Å²) in [6.45, 7) is 6.34. The summed E-state index contributed by atoms with van der Waals surface area (Å²) < 4.78 is 27.5. The molecule has 1 aliphatic heterocycles. The van der Waals surface area contributed by atoms with Gasteiger partial charge in [-0.15, -0.1) is 0 Å². The number of amides is 1.